The number of ether oxygens (including phenoxy) is 2. The number of aromatic carboxylic acids is 1. The van der Waals surface area contributed by atoms with Crippen LogP contribution in [0, 0.1) is 23.3 Å². The number of rotatable bonds is 8. The molecule has 2 aromatic heterocycles. The summed E-state index contributed by atoms with van der Waals surface area (Å²) < 4.78 is 70.6. The predicted molar refractivity (Wildman–Crippen MR) is 137 cm³/mol. The number of halogens is 5. The average Bonchev–Trinajstić information content (AvgIpc) is 3.22. The first kappa shape index (κ1) is 26.9. The molecule has 0 saturated carbocycles. The van der Waals surface area contributed by atoms with E-state index in [1.54, 1.807) is 0 Å². The number of nitrogens with zero attached hydrogens (tertiary/aromatic N) is 3. The van der Waals surface area contributed by atoms with Crippen LogP contribution in [0.2, 0.25) is 5.02 Å². The van der Waals surface area contributed by atoms with E-state index < -0.39 is 35.0 Å². The van der Waals surface area contributed by atoms with Crippen molar-refractivity contribution < 1.29 is 36.9 Å². The highest BCUT2D eigenvalue weighted by Gasteiger charge is 2.19. The van der Waals surface area contributed by atoms with E-state index in [0.29, 0.717) is 5.69 Å². The molecule has 0 aliphatic rings. The Morgan fingerprint density at radius 2 is 1.73 bits per heavy atom. The number of hydrogen-bond acceptors (Lipinski definition) is 5. The molecule has 0 fully saturated rings. The monoisotopic (exact) mass is 571 g/mol. The standard InChI is InChI=1S/C28H18ClF4N3O4/c1-36-23-8-15(28(37)38)7-22(33)27(23)35-26(36)9-14-6-20(31)25(12-19(14)30)40-18-4-5-34-17(11-18)13-39-24-3-2-16(29)10-21(24)32/h2-8,10-12H,9,13H2,1H3,(H,37,38). The van der Waals surface area contributed by atoms with Crippen molar-refractivity contribution in [3.05, 3.63) is 112 Å². The third-order valence-electron chi connectivity index (χ3n) is 6.01. The molecule has 0 amide bonds. The van der Waals surface area contributed by atoms with Gasteiger partial charge in [0.05, 0.1) is 16.8 Å². The Morgan fingerprint density at radius 3 is 2.48 bits per heavy atom. The zero-order valence-corrected chi connectivity index (χ0v) is 21.3. The predicted octanol–water partition coefficient (Wildman–Crippen LogP) is 6.84. The van der Waals surface area contributed by atoms with Crippen LogP contribution in [0.15, 0.2) is 60.8 Å². The second kappa shape index (κ2) is 10.9. The zero-order valence-electron chi connectivity index (χ0n) is 20.6. The van der Waals surface area contributed by atoms with Gasteiger partial charge in [-0.15, -0.1) is 0 Å². The van der Waals surface area contributed by atoms with Gasteiger partial charge in [0.25, 0.3) is 0 Å². The summed E-state index contributed by atoms with van der Waals surface area (Å²) in [6.45, 7) is -0.127. The van der Waals surface area contributed by atoms with E-state index in [9.17, 15) is 27.5 Å². The van der Waals surface area contributed by atoms with E-state index in [0.717, 1.165) is 24.3 Å². The van der Waals surface area contributed by atoms with Crippen LogP contribution in [-0.2, 0) is 20.1 Å². The van der Waals surface area contributed by atoms with Crippen molar-refractivity contribution in [1.82, 2.24) is 14.5 Å². The van der Waals surface area contributed by atoms with E-state index in [4.69, 9.17) is 21.1 Å². The first-order chi connectivity index (χ1) is 19.1. The van der Waals surface area contributed by atoms with Crippen LogP contribution in [0.3, 0.4) is 0 Å². The number of hydrogen-bond donors (Lipinski definition) is 1. The maximum absolute atomic E-state index is 15.0. The van der Waals surface area contributed by atoms with Crippen LogP contribution in [-0.4, -0.2) is 25.6 Å². The Kier molecular flexibility index (Phi) is 7.31. The van der Waals surface area contributed by atoms with Gasteiger partial charge in [-0.2, -0.15) is 0 Å². The van der Waals surface area contributed by atoms with Gasteiger partial charge in [0.15, 0.2) is 29.0 Å². The topological polar surface area (TPSA) is 86.5 Å². The second-order valence-electron chi connectivity index (χ2n) is 8.72. The maximum atomic E-state index is 15.0. The lowest BCUT2D eigenvalue weighted by molar-refractivity contribution is 0.0696. The minimum absolute atomic E-state index is 0.0353. The van der Waals surface area contributed by atoms with Gasteiger partial charge in [-0.05, 0) is 48.0 Å². The van der Waals surface area contributed by atoms with Crippen molar-refractivity contribution >= 4 is 28.6 Å². The van der Waals surface area contributed by atoms with Gasteiger partial charge < -0.3 is 19.1 Å². The third-order valence-corrected chi connectivity index (χ3v) is 6.25. The molecular formula is C28H18ClF4N3O4. The fourth-order valence-corrected chi connectivity index (χ4v) is 4.16. The van der Waals surface area contributed by atoms with Crippen molar-refractivity contribution in [3.63, 3.8) is 0 Å². The van der Waals surface area contributed by atoms with E-state index in [1.165, 1.54) is 48.1 Å². The normalized spacial score (nSPS) is 11.2. The minimum atomic E-state index is -1.31. The number of aryl methyl sites for hydroxylation is 1. The molecule has 7 nitrogen and oxygen atoms in total. The molecule has 40 heavy (non-hydrogen) atoms. The van der Waals surface area contributed by atoms with Gasteiger partial charge >= 0.3 is 5.97 Å². The summed E-state index contributed by atoms with van der Waals surface area (Å²) in [6, 6.07) is 10.7. The molecule has 1 N–H and O–H groups in total. The van der Waals surface area contributed by atoms with E-state index in [2.05, 4.69) is 9.97 Å². The number of imidazole rings is 1. The first-order valence-electron chi connectivity index (χ1n) is 11.7. The van der Waals surface area contributed by atoms with Crippen LogP contribution >= 0.6 is 11.6 Å². The van der Waals surface area contributed by atoms with Crippen molar-refractivity contribution in [3.8, 4) is 17.2 Å². The van der Waals surface area contributed by atoms with Crippen LogP contribution in [0.4, 0.5) is 17.6 Å². The summed E-state index contributed by atoms with van der Waals surface area (Å²) in [4.78, 5) is 19.5. The van der Waals surface area contributed by atoms with Gasteiger partial charge in [0, 0.05) is 36.8 Å². The summed E-state index contributed by atoms with van der Waals surface area (Å²) in [5, 5.41) is 9.40. The molecule has 3 aromatic carbocycles. The molecule has 0 radical (unpaired) electrons. The largest absolute Gasteiger partial charge is 0.484 e. The number of carboxylic acid groups (broad SMARTS) is 1. The molecular weight excluding hydrogens is 554 g/mol. The number of carboxylic acids is 1. The first-order valence-corrected chi connectivity index (χ1v) is 12.0. The maximum Gasteiger partial charge on any atom is 0.335 e. The molecule has 0 unspecified atom stereocenters. The van der Waals surface area contributed by atoms with Gasteiger partial charge in [0.1, 0.15) is 29.5 Å². The van der Waals surface area contributed by atoms with Gasteiger partial charge in [-0.1, -0.05) is 11.6 Å². The Bertz CT molecular complexity index is 1780. The van der Waals surface area contributed by atoms with E-state index in [-0.39, 0.29) is 57.5 Å². The molecule has 5 aromatic rings. The molecule has 0 atom stereocenters. The lowest BCUT2D eigenvalue weighted by Crippen LogP contribution is -2.03. The van der Waals surface area contributed by atoms with Crippen molar-refractivity contribution in [2.75, 3.05) is 0 Å². The number of fused-ring (bicyclic) bond motifs is 1. The summed E-state index contributed by atoms with van der Waals surface area (Å²) in [7, 11) is 1.52. The average molecular weight is 572 g/mol. The fraction of sp³-hybridized carbons (Fsp3) is 0.107. The van der Waals surface area contributed by atoms with Gasteiger partial charge in [0.2, 0.25) is 0 Å². The van der Waals surface area contributed by atoms with Crippen molar-refractivity contribution in [1.29, 1.82) is 0 Å². The van der Waals surface area contributed by atoms with Crippen LogP contribution in [0.25, 0.3) is 11.0 Å². The van der Waals surface area contributed by atoms with Gasteiger partial charge in [-0.25, -0.2) is 27.3 Å². The Morgan fingerprint density at radius 1 is 0.950 bits per heavy atom. The Labute approximate surface area is 229 Å². The molecule has 0 saturated heterocycles. The summed E-state index contributed by atoms with van der Waals surface area (Å²) >= 11 is 5.73. The Balaban J connectivity index is 1.33. The Hall–Kier alpha value is -4.64. The molecule has 12 heteroatoms. The molecule has 0 bridgehead atoms. The second-order valence-corrected chi connectivity index (χ2v) is 9.15. The number of pyridine rings is 1. The quantitative estimate of drug-likeness (QED) is 0.205. The molecule has 204 valence electrons. The van der Waals surface area contributed by atoms with Gasteiger partial charge in [-0.3, -0.25) is 4.98 Å². The molecule has 0 aliphatic carbocycles. The number of aromatic nitrogens is 3. The van der Waals surface area contributed by atoms with Crippen molar-refractivity contribution in [2.24, 2.45) is 7.05 Å². The summed E-state index contributed by atoms with van der Waals surface area (Å²) in [6.07, 6.45) is 1.17. The minimum Gasteiger partial charge on any atom is -0.484 e. The smallest absolute Gasteiger partial charge is 0.335 e. The highest BCUT2D eigenvalue weighted by Crippen LogP contribution is 2.30. The highest BCUT2D eigenvalue weighted by molar-refractivity contribution is 6.30. The fourth-order valence-electron chi connectivity index (χ4n) is 4.00. The van der Waals surface area contributed by atoms with Crippen molar-refractivity contribution in [2.45, 2.75) is 13.0 Å². The summed E-state index contributed by atoms with van der Waals surface area (Å²) in [5.41, 5.74) is 0.116. The van der Waals surface area contributed by atoms with Crippen LogP contribution < -0.4 is 9.47 Å². The van der Waals surface area contributed by atoms with E-state index >= 15 is 0 Å². The highest BCUT2D eigenvalue weighted by atomic mass is 35.5. The lowest BCUT2D eigenvalue weighted by atomic mass is 10.1. The zero-order chi connectivity index (χ0) is 28.6. The van der Waals surface area contributed by atoms with E-state index in [1.807, 2.05) is 0 Å². The third kappa shape index (κ3) is 5.55. The van der Waals surface area contributed by atoms with Crippen LogP contribution in [0.1, 0.15) is 27.4 Å². The SMILES string of the molecule is Cn1c(Cc2cc(F)c(Oc3ccnc(COc4ccc(Cl)cc4F)c3)cc2F)nc2c(F)cc(C(=O)O)cc21. The molecule has 0 aliphatic heterocycles. The lowest BCUT2D eigenvalue weighted by Gasteiger charge is -2.11. The summed E-state index contributed by atoms with van der Waals surface area (Å²) in [5.74, 6) is -4.57. The molecule has 5 rings (SSSR count). The molecule has 2 heterocycles. The van der Waals surface area contributed by atoms with Crippen LogP contribution in [0.5, 0.6) is 17.2 Å². The molecule has 0 spiro atoms. The number of benzene rings is 3. The number of carbonyl (C=O) groups is 1.